The molecule has 1 saturated heterocycles. The van der Waals surface area contributed by atoms with Crippen molar-refractivity contribution >= 4 is 33.1 Å². The Bertz CT molecular complexity index is 915. The Morgan fingerprint density at radius 3 is 2.62 bits per heavy atom. The number of hydrogen-bond acceptors (Lipinski definition) is 6. The highest BCUT2D eigenvalue weighted by molar-refractivity contribution is 7.19. The molecule has 0 bridgehead atoms. The van der Waals surface area contributed by atoms with Crippen molar-refractivity contribution in [1.82, 2.24) is 15.0 Å². The van der Waals surface area contributed by atoms with E-state index < -0.39 is 0 Å². The van der Waals surface area contributed by atoms with E-state index in [9.17, 15) is 0 Å². The SMILES string of the molecule is C[C@@H]1CCc2c(sc3ncnc(N4CCN(c5ccncc5)CC4)c23)C1. The third kappa shape index (κ3) is 2.72. The molecule has 0 amide bonds. The lowest BCUT2D eigenvalue weighted by Gasteiger charge is -2.37. The maximum absolute atomic E-state index is 4.72. The largest absolute Gasteiger partial charge is 0.368 e. The van der Waals surface area contributed by atoms with Crippen molar-refractivity contribution in [3.8, 4) is 0 Å². The lowest BCUT2D eigenvalue weighted by Crippen LogP contribution is -2.47. The third-order valence-corrected chi connectivity index (χ3v) is 6.84. The van der Waals surface area contributed by atoms with Gasteiger partial charge in [0, 0.05) is 49.1 Å². The van der Waals surface area contributed by atoms with Crippen molar-refractivity contribution in [1.29, 1.82) is 0 Å². The average molecular weight is 366 g/mol. The average Bonchev–Trinajstić information content (AvgIpc) is 3.06. The summed E-state index contributed by atoms with van der Waals surface area (Å²) < 4.78 is 0. The van der Waals surface area contributed by atoms with Gasteiger partial charge in [-0.05, 0) is 42.9 Å². The minimum atomic E-state index is 0.788. The summed E-state index contributed by atoms with van der Waals surface area (Å²) >= 11 is 1.88. The minimum Gasteiger partial charge on any atom is -0.368 e. The number of fused-ring (bicyclic) bond motifs is 3. The second kappa shape index (κ2) is 6.50. The Morgan fingerprint density at radius 2 is 1.81 bits per heavy atom. The standard InChI is InChI=1S/C20H23N5S/c1-14-2-3-16-17(12-14)26-20-18(16)19(22-13-23-20)25-10-8-24(9-11-25)15-4-6-21-7-5-15/h4-7,13-14H,2-3,8-12H2,1H3/t14-/m1/s1. The van der Waals surface area contributed by atoms with Crippen LogP contribution in [0.25, 0.3) is 10.2 Å². The molecule has 1 aliphatic heterocycles. The van der Waals surface area contributed by atoms with E-state index in [1.54, 1.807) is 6.33 Å². The molecule has 5 nitrogen and oxygen atoms in total. The van der Waals surface area contributed by atoms with Crippen LogP contribution in [0.4, 0.5) is 11.5 Å². The second-order valence-corrected chi connectivity index (χ2v) is 8.49. The molecule has 0 unspecified atom stereocenters. The van der Waals surface area contributed by atoms with E-state index in [1.165, 1.54) is 45.6 Å². The summed E-state index contributed by atoms with van der Waals surface area (Å²) in [4.78, 5) is 21.0. The molecular weight excluding hydrogens is 342 g/mol. The maximum atomic E-state index is 4.72. The topological polar surface area (TPSA) is 45.2 Å². The summed E-state index contributed by atoms with van der Waals surface area (Å²) in [5.74, 6) is 1.94. The van der Waals surface area contributed by atoms with E-state index in [0.717, 1.165) is 37.9 Å². The Labute approximate surface area is 157 Å². The van der Waals surface area contributed by atoms with Crippen LogP contribution in [-0.4, -0.2) is 41.1 Å². The highest BCUT2D eigenvalue weighted by Crippen LogP contribution is 2.40. The van der Waals surface area contributed by atoms with Gasteiger partial charge >= 0.3 is 0 Å². The van der Waals surface area contributed by atoms with E-state index in [2.05, 4.69) is 38.8 Å². The first-order valence-corrected chi connectivity index (χ1v) is 10.3. The molecule has 2 aliphatic rings. The summed E-state index contributed by atoms with van der Waals surface area (Å²) in [5.41, 5.74) is 2.78. The smallest absolute Gasteiger partial charge is 0.141 e. The maximum Gasteiger partial charge on any atom is 0.141 e. The molecule has 1 fully saturated rings. The van der Waals surface area contributed by atoms with Crippen molar-refractivity contribution in [3.05, 3.63) is 41.3 Å². The van der Waals surface area contributed by atoms with Gasteiger partial charge in [0.15, 0.2) is 0 Å². The number of piperazine rings is 1. The summed E-state index contributed by atoms with van der Waals surface area (Å²) in [6, 6.07) is 4.18. The van der Waals surface area contributed by atoms with Gasteiger partial charge in [0.25, 0.3) is 0 Å². The van der Waals surface area contributed by atoms with Crippen molar-refractivity contribution < 1.29 is 0 Å². The van der Waals surface area contributed by atoms with Crippen LogP contribution < -0.4 is 9.80 Å². The van der Waals surface area contributed by atoms with Gasteiger partial charge in [-0.1, -0.05) is 6.92 Å². The van der Waals surface area contributed by atoms with E-state index in [4.69, 9.17) is 4.98 Å². The van der Waals surface area contributed by atoms with Crippen LogP contribution in [0.2, 0.25) is 0 Å². The monoisotopic (exact) mass is 365 g/mol. The highest BCUT2D eigenvalue weighted by Gasteiger charge is 2.26. The second-order valence-electron chi connectivity index (χ2n) is 7.41. The molecule has 0 aromatic carbocycles. The van der Waals surface area contributed by atoms with Crippen molar-refractivity contribution in [3.63, 3.8) is 0 Å². The fourth-order valence-electron chi connectivity index (χ4n) is 4.23. The van der Waals surface area contributed by atoms with Gasteiger partial charge in [0.05, 0.1) is 5.39 Å². The van der Waals surface area contributed by atoms with Crippen LogP contribution in [-0.2, 0) is 12.8 Å². The molecule has 4 heterocycles. The van der Waals surface area contributed by atoms with Gasteiger partial charge in [0.2, 0.25) is 0 Å². The normalized spacial score (nSPS) is 20.4. The molecule has 26 heavy (non-hydrogen) atoms. The Balaban J connectivity index is 1.43. The minimum absolute atomic E-state index is 0.788. The zero-order valence-corrected chi connectivity index (χ0v) is 15.9. The van der Waals surface area contributed by atoms with Gasteiger partial charge in [-0.3, -0.25) is 4.98 Å². The number of nitrogens with zero attached hydrogens (tertiary/aromatic N) is 5. The molecule has 3 aromatic heterocycles. The quantitative estimate of drug-likeness (QED) is 0.695. The fraction of sp³-hybridized carbons (Fsp3) is 0.450. The number of thiophene rings is 1. The number of aryl methyl sites for hydroxylation is 1. The molecular formula is C20H23N5S. The summed E-state index contributed by atoms with van der Waals surface area (Å²) in [6.45, 7) is 6.38. The van der Waals surface area contributed by atoms with Crippen LogP contribution in [0.1, 0.15) is 23.8 Å². The van der Waals surface area contributed by atoms with E-state index in [1.807, 2.05) is 23.7 Å². The summed E-state index contributed by atoms with van der Waals surface area (Å²) in [7, 11) is 0. The molecule has 134 valence electrons. The third-order valence-electron chi connectivity index (χ3n) is 5.68. The van der Waals surface area contributed by atoms with Gasteiger partial charge in [0.1, 0.15) is 17.0 Å². The van der Waals surface area contributed by atoms with Gasteiger partial charge < -0.3 is 9.80 Å². The van der Waals surface area contributed by atoms with Gasteiger partial charge in [-0.15, -0.1) is 11.3 Å². The summed E-state index contributed by atoms with van der Waals surface area (Å²) in [5, 5.41) is 1.33. The number of rotatable bonds is 2. The van der Waals surface area contributed by atoms with Crippen molar-refractivity contribution in [2.24, 2.45) is 5.92 Å². The number of hydrogen-bond donors (Lipinski definition) is 0. The first kappa shape index (κ1) is 16.0. The molecule has 0 spiro atoms. The zero-order valence-electron chi connectivity index (χ0n) is 15.1. The van der Waals surface area contributed by atoms with Crippen molar-refractivity contribution in [2.75, 3.05) is 36.0 Å². The number of pyridine rings is 1. The molecule has 1 aliphatic carbocycles. The lowest BCUT2D eigenvalue weighted by atomic mass is 9.89. The molecule has 0 N–H and O–H groups in total. The molecule has 0 radical (unpaired) electrons. The molecule has 0 saturated carbocycles. The first-order chi connectivity index (χ1) is 12.8. The predicted octanol–water partition coefficient (Wildman–Crippen LogP) is 3.54. The predicted molar refractivity (Wildman–Crippen MR) is 107 cm³/mol. The van der Waals surface area contributed by atoms with Crippen LogP contribution >= 0.6 is 11.3 Å². The molecule has 6 heteroatoms. The van der Waals surface area contributed by atoms with Crippen LogP contribution in [0, 0.1) is 5.92 Å². The van der Waals surface area contributed by atoms with Gasteiger partial charge in [-0.2, -0.15) is 0 Å². The molecule has 5 rings (SSSR count). The summed E-state index contributed by atoms with van der Waals surface area (Å²) in [6.07, 6.45) is 9.14. The van der Waals surface area contributed by atoms with E-state index in [0.29, 0.717) is 0 Å². The van der Waals surface area contributed by atoms with E-state index in [-0.39, 0.29) is 0 Å². The number of anilines is 2. The Hall–Kier alpha value is -2.21. The van der Waals surface area contributed by atoms with Crippen LogP contribution in [0.15, 0.2) is 30.9 Å². The Kier molecular flexibility index (Phi) is 4.00. The zero-order chi connectivity index (χ0) is 17.5. The molecule has 1 atom stereocenters. The van der Waals surface area contributed by atoms with Crippen LogP contribution in [0.5, 0.6) is 0 Å². The Morgan fingerprint density at radius 1 is 1.04 bits per heavy atom. The fourth-order valence-corrected chi connectivity index (χ4v) is 5.57. The van der Waals surface area contributed by atoms with Gasteiger partial charge in [-0.25, -0.2) is 9.97 Å². The first-order valence-electron chi connectivity index (χ1n) is 9.45. The van der Waals surface area contributed by atoms with E-state index >= 15 is 0 Å². The van der Waals surface area contributed by atoms with Crippen molar-refractivity contribution in [2.45, 2.75) is 26.2 Å². The number of aromatic nitrogens is 3. The van der Waals surface area contributed by atoms with Crippen LogP contribution in [0.3, 0.4) is 0 Å². The molecule has 3 aromatic rings. The lowest BCUT2D eigenvalue weighted by molar-refractivity contribution is 0.509. The highest BCUT2D eigenvalue weighted by atomic mass is 32.1.